The van der Waals surface area contributed by atoms with Crippen LogP contribution in [-0.4, -0.2) is 41.7 Å². The van der Waals surface area contributed by atoms with Crippen LogP contribution in [-0.2, 0) is 27.8 Å². The Morgan fingerprint density at radius 3 is 2.28 bits per heavy atom. The van der Waals surface area contributed by atoms with Crippen molar-refractivity contribution in [3.05, 3.63) is 59.2 Å². The third-order valence-electron chi connectivity index (χ3n) is 6.34. The van der Waals surface area contributed by atoms with E-state index in [0.29, 0.717) is 30.0 Å². The summed E-state index contributed by atoms with van der Waals surface area (Å²) in [4.78, 5) is 26.5. The molecule has 1 fully saturated rings. The number of anilines is 2. The standard InChI is InChI=1S/C27H34F3N5O3S/c1-25(2,3)22(36)38-16-26(4,17-8-5-9-18(14-17)27(28,29)30)34-23(39)33-21-11-6-10-20(31)19(21)15-32-24(37)35-12-7-13-35/h5-6,8-11,14H,7,12-13,15-16,31H2,1-4H3,(H,32,37)(H2,33,34,39). The van der Waals surface area contributed by atoms with Gasteiger partial charge in [0.15, 0.2) is 5.11 Å². The molecule has 39 heavy (non-hydrogen) atoms. The van der Waals surface area contributed by atoms with Gasteiger partial charge >= 0.3 is 18.2 Å². The molecule has 8 nitrogen and oxygen atoms in total. The topological polar surface area (TPSA) is 109 Å². The summed E-state index contributed by atoms with van der Waals surface area (Å²) in [5, 5.41) is 8.96. The van der Waals surface area contributed by atoms with Crippen LogP contribution in [0.2, 0.25) is 0 Å². The smallest absolute Gasteiger partial charge is 0.416 e. The van der Waals surface area contributed by atoms with Crippen molar-refractivity contribution >= 4 is 40.7 Å². The zero-order valence-electron chi connectivity index (χ0n) is 22.4. The Morgan fingerprint density at radius 1 is 1.05 bits per heavy atom. The summed E-state index contributed by atoms with van der Waals surface area (Å²) in [6.07, 6.45) is -3.60. The average molecular weight is 566 g/mol. The molecule has 1 aliphatic rings. The number of esters is 1. The quantitative estimate of drug-likeness (QED) is 0.213. The molecule has 1 aliphatic heterocycles. The Bertz CT molecular complexity index is 1230. The van der Waals surface area contributed by atoms with E-state index in [4.69, 9.17) is 22.7 Å². The number of halogens is 3. The predicted octanol–water partition coefficient (Wildman–Crippen LogP) is 4.99. The van der Waals surface area contributed by atoms with Gasteiger partial charge in [0, 0.05) is 36.6 Å². The molecule has 0 radical (unpaired) electrons. The van der Waals surface area contributed by atoms with E-state index < -0.39 is 28.7 Å². The molecule has 2 aromatic rings. The predicted molar refractivity (Wildman–Crippen MR) is 148 cm³/mol. The van der Waals surface area contributed by atoms with Crippen LogP contribution < -0.4 is 21.7 Å². The third-order valence-corrected chi connectivity index (χ3v) is 6.55. The van der Waals surface area contributed by atoms with Gasteiger partial charge in [0.25, 0.3) is 0 Å². The third kappa shape index (κ3) is 7.75. The summed E-state index contributed by atoms with van der Waals surface area (Å²) < 4.78 is 45.9. The van der Waals surface area contributed by atoms with Crippen molar-refractivity contribution in [2.45, 2.75) is 52.4 Å². The first kappa shape index (κ1) is 30.0. The van der Waals surface area contributed by atoms with Gasteiger partial charge in [0.05, 0.1) is 16.5 Å². The van der Waals surface area contributed by atoms with E-state index in [-0.39, 0.29) is 29.9 Å². The Labute approximate surface area is 231 Å². The van der Waals surface area contributed by atoms with Crippen molar-refractivity contribution in [2.24, 2.45) is 5.41 Å². The molecule has 1 atom stereocenters. The van der Waals surface area contributed by atoms with Gasteiger partial charge in [-0.1, -0.05) is 18.2 Å². The minimum absolute atomic E-state index is 0.0580. The molecule has 1 saturated heterocycles. The van der Waals surface area contributed by atoms with E-state index in [9.17, 15) is 22.8 Å². The van der Waals surface area contributed by atoms with Crippen LogP contribution in [0, 0.1) is 5.41 Å². The number of thiocarbonyl (C=S) groups is 1. The van der Waals surface area contributed by atoms with Gasteiger partial charge in [-0.25, -0.2) is 4.79 Å². The molecular formula is C27H34F3N5O3S. The number of hydrogen-bond acceptors (Lipinski definition) is 5. The first-order valence-corrected chi connectivity index (χ1v) is 12.9. The molecule has 0 saturated carbocycles. The second kappa shape index (κ2) is 11.7. The highest BCUT2D eigenvalue weighted by molar-refractivity contribution is 7.80. The molecule has 1 heterocycles. The SMILES string of the molecule is CC(C)(C)C(=O)OCC(C)(NC(=S)Nc1cccc(N)c1CNC(=O)N1CCC1)c1cccc(C(F)(F)F)c1. The van der Waals surface area contributed by atoms with Gasteiger partial charge in [0.2, 0.25) is 0 Å². The number of urea groups is 1. The van der Waals surface area contributed by atoms with Crippen LogP contribution in [0.1, 0.15) is 50.8 Å². The number of nitrogen functional groups attached to an aromatic ring is 1. The monoisotopic (exact) mass is 565 g/mol. The number of ether oxygens (including phenoxy) is 1. The number of alkyl halides is 3. The summed E-state index contributed by atoms with van der Waals surface area (Å²) >= 11 is 5.53. The molecule has 2 amide bonds. The number of nitrogens with two attached hydrogens (primary N) is 1. The van der Waals surface area contributed by atoms with Crippen LogP contribution in [0.5, 0.6) is 0 Å². The zero-order chi connectivity index (χ0) is 29.0. The number of nitrogens with one attached hydrogen (secondary N) is 3. The molecule has 1 unspecified atom stereocenters. The fourth-order valence-electron chi connectivity index (χ4n) is 3.78. The Kier molecular flexibility index (Phi) is 8.99. The molecule has 0 aromatic heterocycles. The number of likely N-dealkylation sites (tertiary alicyclic amines) is 1. The molecular weight excluding hydrogens is 531 g/mol. The fourth-order valence-corrected chi connectivity index (χ4v) is 4.11. The van der Waals surface area contributed by atoms with Gasteiger partial charge in [-0.05, 0) is 76.2 Å². The lowest BCUT2D eigenvalue weighted by Crippen LogP contribution is -2.49. The van der Waals surface area contributed by atoms with Crippen LogP contribution >= 0.6 is 12.2 Å². The highest BCUT2D eigenvalue weighted by Crippen LogP contribution is 2.33. The average Bonchev–Trinajstić information content (AvgIpc) is 2.80. The summed E-state index contributed by atoms with van der Waals surface area (Å²) in [7, 11) is 0. The van der Waals surface area contributed by atoms with Crippen molar-refractivity contribution < 1.29 is 27.5 Å². The minimum Gasteiger partial charge on any atom is -0.462 e. The highest BCUT2D eigenvalue weighted by atomic mass is 32.1. The van der Waals surface area contributed by atoms with E-state index in [1.165, 1.54) is 12.1 Å². The molecule has 0 aliphatic carbocycles. The molecule has 3 rings (SSSR count). The minimum atomic E-state index is -4.56. The summed E-state index contributed by atoms with van der Waals surface area (Å²) in [6.45, 7) is 7.88. The Hall–Kier alpha value is -3.54. The first-order chi connectivity index (χ1) is 18.1. The number of hydrogen-bond donors (Lipinski definition) is 4. The van der Waals surface area contributed by atoms with Crippen LogP contribution in [0.25, 0.3) is 0 Å². The molecule has 2 aromatic carbocycles. The summed E-state index contributed by atoms with van der Waals surface area (Å²) in [5.74, 6) is -0.516. The molecule has 5 N–H and O–H groups in total. The van der Waals surface area contributed by atoms with Gasteiger partial charge < -0.3 is 31.3 Å². The van der Waals surface area contributed by atoms with E-state index in [1.807, 2.05) is 0 Å². The molecule has 0 spiro atoms. The van der Waals surface area contributed by atoms with Crippen molar-refractivity contribution in [3.63, 3.8) is 0 Å². The number of carbonyl (C=O) groups is 2. The van der Waals surface area contributed by atoms with Gasteiger partial charge in [0.1, 0.15) is 6.61 Å². The number of benzene rings is 2. The van der Waals surface area contributed by atoms with E-state index in [1.54, 1.807) is 50.8 Å². The lowest BCUT2D eigenvalue weighted by atomic mass is 9.91. The molecule has 212 valence electrons. The maximum Gasteiger partial charge on any atom is 0.416 e. The van der Waals surface area contributed by atoms with E-state index in [2.05, 4.69) is 16.0 Å². The summed E-state index contributed by atoms with van der Waals surface area (Å²) in [6, 6.07) is 9.67. The lowest BCUT2D eigenvalue weighted by Gasteiger charge is -2.34. The normalized spacial score (nSPS) is 15.0. The summed E-state index contributed by atoms with van der Waals surface area (Å²) in [5.41, 5.74) is 4.94. The maximum atomic E-state index is 13.5. The largest absolute Gasteiger partial charge is 0.462 e. The lowest BCUT2D eigenvalue weighted by molar-refractivity contribution is -0.155. The van der Waals surface area contributed by atoms with Crippen molar-refractivity contribution in [1.29, 1.82) is 0 Å². The van der Waals surface area contributed by atoms with Crippen molar-refractivity contribution in [1.82, 2.24) is 15.5 Å². The number of carbonyl (C=O) groups excluding carboxylic acids is 2. The Balaban J connectivity index is 1.83. The van der Waals surface area contributed by atoms with E-state index in [0.717, 1.165) is 18.6 Å². The van der Waals surface area contributed by atoms with Crippen molar-refractivity contribution in [3.8, 4) is 0 Å². The molecule has 0 bridgehead atoms. The molecule has 12 heteroatoms. The van der Waals surface area contributed by atoms with Crippen LogP contribution in [0.4, 0.5) is 29.3 Å². The number of amides is 2. The van der Waals surface area contributed by atoms with Gasteiger partial charge in [-0.3, -0.25) is 4.79 Å². The number of rotatable bonds is 7. The second-order valence-corrected chi connectivity index (χ2v) is 11.1. The number of nitrogens with zero attached hydrogens (tertiary/aromatic N) is 1. The first-order valence-electron chi connectivity index (χ1n) is 12.4. The zero-order valence-corrected chi connectivity index (χ0v) is 23.2. The van der Waals surface area contributed by atoms with E-state index >= 15 is 0 Å². The van der Waals surface area contributed by atoms with Gasteiger partial charge in [-0.2, -0.15) is 13.2 Å². The second-order valence-electron chi connectivity index (χ2n) is 10.7. The van der Waals surface area contributed by atoms with Gasteiger partial charge in [-0.15, -0.1) is 0 Å². The maximum absolute atomic E-state index is 13.5. The Morgan fingerprint density at radius 2 is 1.69 bits per heavy atom. The van der Waals surface area contributed by atoms with Crippen molar-refractivity contribution in [2.75, 3.05) is 30.7 Å². The van der Waals surface area contributed by atoms with Crippen LogP contribution in [0.3, 0.4) is 0 Å². The fraction of sp³-hybridized carbons (Fsp3) is 0.444. The highest BCUT2D eigenvalue weighted by Gasteiger charge is 2.36. The van der Waals surface area contributed by atoms with Crippen LogP contribution in [0.15, 0.2) is 42.5 Å².